The van der Waals surface area contributed by atoms with Crippen LogP contribution in [0.2, 0.25) is 0 Å². The fraction of sp³-hybridized carbons (Fsp3) is 0.538. The highest BCUT2D eigenvalue weighted by Gasteiger charge is 2.38. The Balaban J connectivity index is 0.000000236. The van der Waals surface area contributed by atoms with E-state index in [1.165, 1.54) is 6.42 Å². The van der Waals surface area contributed by atoms with E-state index in [1.807, 2.05) is 4.90 Å². The van der Waals surface area contributed by atoms with Crippen LogP contribution in [-0.2, 0) is 4.79 Å². The molecule has 0 spiro atoms. The lowest BCUT2D eigenvalue weighted by Crippen LogP contribution is -2.44. The maximum absolute atomic E-state index is 12.1. The van der Waals surface area contributed by atoms with Gasteiger partial charge in [-0.3, -0.25) is 4.79 Å². The Morgan fingerprint density at radius 3 is 2.48 bits per heavy atom. The van der Waals surface area contributed by atoms with Crippen molar-refractivity contribution in [3.05, 3.63) is 22.6 Å². The van der Waals surface area contributed by atoms with Crippen molar-refractivity contribution >= 4 is 27.8 Å². The Morgan fingerprint density at radius 2 is 2.00 bits per heavy atom. The topological polar surface area (TPSA) is 82.8 Å². The minimum Gasteiger partial charge on any atom is -0.475 e. The molecule has 0 aliphatic carbocycles. The summed E-state index contributed by atoms with van der Waals surface area (Å²) in [6.45, 7) is 2.69. The first-order chi connectivity index (χ1) is 10.7. The smallest absolute Gasteiger partial charge is 0.475 e. The summed E-state index contributed by atoms with van der Waals surface area (Å²) in [5.74, 6) is -1.72. The van der Waals surface area contributed by atoms with Gasteiger partial charge in [0.1, 0.15) is 0 Å². The summed E-state index contributed by atoms with van der Waals surface area (Å²) in [5, 5.41) is 10.6. The number of alkyl halides is 3. The van der Waals surface area contributed by atoms with Crippen molar-refractivity contribution in [2.45, 2.75) is 18.6 Å². The van der Waals surface area contributed by atoms with Crippen molar-refractivity contribution in [1.82, 2.24) is 10.2 Å². The molecule has 10 heteroatoms. The van der Waals surface area contributed by atoms with Gasteiger partial charge in [-0.15, -0.1) is 0 Å². The van der Waals surface area contributed by atoms with Gasteiger partial charge in [-0.1, -0.05) is 0 Å². The second-order valence-corrected chi connectivity index (χ2v) is 6.11. The number of amides is 1. The van der Waals surface area contributed by atoms with E-state index in [-0.39, 0.29) is 5.91 Å². The first-order valence-electron chi connectivity index (χ1n) is 6.75. The fourth-order valence-corrected chi connectivity index (χ4v) is 2.89. The zero-order chi connectivity index (χ0) is 17.2. The van der Waals surface area contributed by atoms with Crippen LogP contribution in [0.3, 0.4) is 0 Å². The molecule has 2 aliphatic heterocycles. The number of carboxylic acids is 1. The van der Waals surface area contributed by atoms with Gasteiger partial charge in [-0.05, 0) is 40.4 Å². The number of halogens is 4. The summed E-state index contributed by atoms with van der Waals surface area (Å²) in [5.41, 5.74) is 0. The second kappa shape index (κ2) is 6.91. The number of hydrogen-bond acceptors (Lipinski definition) is 4. The summed E-state index contributed by atoms with van der Waals surface area (Å²) in [6.07, 6.45) is -3.88. The lowest BCUT2D eigenvalue weighted by molar-refractivity contribution is -0.192. The maximum atomic E-state index is 12.1. The minimum atomic E-state index is -5.08. The molecule has 0 radical (unpaired) electrons. The van der Waals surface area contributed by atoms with Crippen LogP contribution in [0, 0.1) is 5.92 Å². The SMILES string of the molecule is O=C(O)C(F)(F)F.O=C(c1ccc(Br)o1)N1C[C@@H]2CN[C@@H](C2)C1. The Bertz CT molecular complexity index is 578. The van der Waals surface area contributed by atoms with Gasteiger partial charge < -0.3 is 19.7 Å². The van der Waals surface area contributed by atoms with Crippen LogP contribution in [0.15, 0.2) is 21.2 Å². The molecular formula is C13H14BrF3N2O4. The minimum absolute atomic E-state index is 0.00380. The number of likely N-dealkylation sites (tertiary alicyclic amines) is 1. The van der Waals surface area contributed by atoms with E-state index in [1.54, 1.807) is 12.1 Å². The zero-order valence-corrected chi connectivity index (χ0v) is 13.4. The summed E-state index contributed by atoms with van der Waals surface area (Å²) in [7, 11) is 0. The molecule has 0 aromatic carbocycles. The molecule has 1 amide bonds. The molecule has 0 saturated carbocycles. The van der Waals surface area contributed by atoms with Gasteiger partial charge in [0.05, 0.1) is 0 Å². The normalized spacial score (nSPS) is 23.2. The van der Waals surface area contributed by atoms with Gasteiger partial charge in [0.2, 0.25) is 0 Å². The van der Waals surface area contributed by atoms with Gasteiger partial charge in [0.25, 0.3) is 5.91 Å². The van der Waals surface area contributed by atoms with Gasteiger partial charge in [0, 0.05) is 25.7 Å². The summed E-state index contributed by atoms with van der Waals surface area (Å²) in [6, 6.07) is 3.95. The lowest BCUT2D eigenvalue weighted by Gasteiger charge is -2.30. The van der Waals surface area contributed by atoms with E-state index < -0.39 is 12.1 Å². The molecule has 0 unspecified atom stereocenters. The number of furan rings is 1. The van der Waals surface area contributed by atoms with Crippen LogP contribution in [0.5, 0.6) is 0 Å². The fourth-order valence-electron chi connectivity index (χ4n) is 2.58. The summed E-state index contributed by atoms with van der Waals surface area (Å²) >= 11 is 3.21. The zero-order valence-electron chi connectivity index (χ0n) is 11.8. The third-order valence-corrected chi connectivity index (χ3v) is 3.97. The first kappa shape index (κ1) is 17.8. The predicted octanol–water partition coefficient (Wildman–Crippen LogP) is 2.11. The van der Waals surface area contributed by atoms with Crippen LogP contribution in [0.4, 0.5) is 13.2 Å². The molecule has 6 nitrogen and oxygen atoms in total. The van der Waals surface area contributed by atoms with E-state index in [2.05, 4.69) is 21.2 Å². The van der Waals surface area contributed by atoms with Crippen LogP contribution in [0.25, 0.3) is 0 Å². The van der Waals surface area contributed by atoms with E-state index in [4.69, 9.17) is 14.3 Å². The number of rotatable bonds is 1. The monoisotopic (exact) mass is 398 g/mol. The summed E-state index contributed by atoms with van der Waals surface area (Å²) < 4.78 is 37.6. The van der Waals surface area contributed by atoms with E-state index >= 15 is 0 Å². The van der Waals surface area contributed by atoms with E-state index in [0.717, 1.165) is 19.6 Å². The van der Waals surface area contributed by atoms with Gasteiger partial charge in [-0.25, -0.2) is 4.79 Å². The number of nitrogens with one attached hydrogen (secondary N) is 1. The van der Waals surface area contributed by atoms with Gasteiger partial charge >= 0.3 is 12.1 Å². The lowest BCUT2D eigenvalue weighted by atomic mass is 10.00. The molecule has 2 aliphatic rings. The number of aliphatic carboxylic acids is 1. The quantitative estimate of drug-likeness (QED) is 0.756. The number of hydrogen-bond donors (Lipinski definition) is 2. The molecule has 2 bridgehead atoms. The van der Waals surface area contributed by atoms with Crippen molar-refractivity contribution < 1.29 is 32.3 Å². The number of carboxylic acid groups (broad SMARTS) is 1. The number of piperidine rings is 1. The molecule has 2 atom stereocenters. The van der Waals surface area contributed by atoms with Crippen LogP contribution in [-0.4, -0.2) is 53.7 Å². The van der Waals surface area contributed by atoms with Crippen LogP contribution in [0.1, 0.15) is 17.0 Å². The van der Waals surface area contributed by atoms with Crippen molar-refractivity contribution in [3.8, 4) is 0 Å². The molecule has 2 fully saturated rings. The Labute approximate surface area is 137 Å². The molecule has 2 saturated heterocycles. The average Bonchev–Trinajstić information content (AvgIpc) is 3.03. The predicted molar refractivity (Wildman–Crippen MR) is 75.9 cm³/mol. The molecule has 1 aromatic heterocycles. The van der Waals surface area contributed by atoms with Crippen molar-refractivity contribution in [2.75, 3.05) is 19.6 Å². The number of fused-ring (bicyclic) bond motifs is 2. The van der Waals surface area contributed by atoms with E-state index in [9.17, 15) is 18.0 Å². The van der Waals surface area contributed by atoms with Gasteiger partial charge in [-0.2, -0.15) is 13.2 Å². The number of nitrogens with zero attached hydrogens (tertiary/aromatic N) is 1. The highest BCUT2D eigenvalue weighted by molar-refractivity contribution is 9.10. The Kier molecular flexibility index (Phi) is 5.35. The van der Waals surface area contributed by atoms with Crippen molar-refractivity contribution in [3.63, 3.8) is 0 Å². The molecule has 128 valence electrons. The molecule has 3 heterocycles. The van der Waals surface area contributed by atoms with E-state index in [0.29, 0.717) is 22.4 Å². The molecule has 2 N–H and O–H groups in total. The molecular weight excluding hydrogens is 385 g/mol. The highest BCUT2D eigenvalue weighted by atomic mass is 79.9. The Morgan fingerprint density at radius 1 is 1.35 bits per heavy atom. The molecule has 23 heavy (non-hydrogen) atoms. The third-order valence-electron chi connectivity index (χ3n) is 3.55. The maximum Gasteiger partial charge on any atom is 0.490 e. The van der Waals surface area contributed by atoms with Crippen molar-refractivity contribution in [2.24, 2.45) is 5.92 Å². The number of carbonyl (C=O) groups is 2. The highest BCUT2D eigenvalue weighted by Crippen LogP contribution is 2.24. The molecule has 3 rings (SSSR count). The van der Waals surface area contributed by atoms with Gasteiger partial charge in [0.15, 0.2) is 10.4 Å². The van der Waals surface area contributed by atoms with Crippen LogP contribution < -0.4 is 5.32 Å². The molecule has 1 aromatic rings. The second-order valence-electron chi connectivity index (χ2n) is 5.32. The Hall–Kier alpha value is -1.55. The van der Waals surface area contributed by atoms with Crippen molar-refractivity contribution in [1.29, 1.82) is 0 Å². The third kappa shape index (κ3) is 4.71. The first-order valence-corrected chi connectivity index (χ1v) is 7.54. The van der Waals surface area contributed by atoms with Crippen LogP contribution >= 0.6 is 15.9 Å². The standard InChI is InChI=1S/C11H13BrN2O2.C2HF3O2/c12-10-2-1-9(16-10)11(15)14-5-7-3-8(6-14)13-4-7;3-2(4,5)1(6)7/h1-2,7-8,13H,3-6H2;(H,6,7)/t7-,8-;/m0./s1. The average molecular weight is 399 g/mol. The summed E-state index contributed by atoms with van der Waals surface area (Å²) in [4.78, 5) is 22.9. The largest absolute Gasteiger partial charge is 0.490 e. The number of carbonyl (C=O) groups excluding carboxylic acids is 1.